The number of hydrogen-bond donors (Lipinski definition) is 2. The molecular formula is C35H41N5O5. The van der Waals surface area contributed by atoms with E-state index in [2.05, 4.69) is 20.8 Å². The molecule has 3 aromatic carbocycles. The molecule has 45 heavy (non-hydrogen) atoms. The predicted molar refractivity (Wildman–Crippen MR) is 170 cm³/mol. The minimum absolute atomic E-state index is 0.225. The first-order chi connectivity index (χ1) is 21.5. The molecule has 1 unspecified atom stereocenters. The van der Waals surface area contributed by atoms with Crippen molar-refractivity contribution in [3.63, 3.8) is 0 Å². The molecule has 10 heteroatoms. The number of carbonyl (C=O) groups excluding carboxylic acids is 3. The largest absolute Gasteiger partial charge is 0.444 e. The summed E-state index contributed by atoms with van der Waals surface area (Å²) in [4.78, 5) is 46.5. The number of aromatic nitrogens is 2. The van der Waals surface area contributed by atoms with Crippen LogP contribution < -0.4 is 10.6 Å². The molecule has 1 aliphatic rings. The Bertz CT molecular complexity index is 1630. The molecule has 1 saturated heterocycles. The average molecular weight is 612 g/mol. The van der Waals surface area contributed by atoms with E-state index in [0.717, 1.165) is 21.9 Å². The molecule has 0 radical (unpaired) electrons. The second-order valence-electron chi connectivity index (χ2n) is 12.6. The lowest BCUT2D eigenvalue weighted by atomic mass is 9.95. The Kier molecular flexibility index (Phi) is 9.80. The first kappa shape index (κ1) is 31.7. The van der Waals surface area contributed by atoms with Crippen molar-refractivity contribution in [3.8, 4) is 0 Å². The van der Waals surface area contributed by atoms with Gasteiger partial charge >= 0.3 is 6.09 Å². The molecule has 0 saturated carbocycles. The molecule has 3 amide bonds. The average Bonchev–Trinajstić information content (AvgIpc) is 3.46. The van der Waals surface area contributed by atoms with E-state index in [-0.39, 0.29) is 24.8 Å². The maximum Gasteiger partial charge on any atom is 0.410 e. The lowest BCUT2D eigenvalue weighted by molar-refractivity contribution is -0.132. The molecule has 4 aromatic rings. The molecule has 1 aromatic heterocycles. The van der Waals surface area contributed by atoms with Gasteiger partial charge in [0.15, 0.2) is 5.82 Å². The highest BCUT2D eigenvalue weighted by molar-refractivity contribution is 5.90. The second kappa shape index (κ2) is 13.9. The fourth-order valence-electron chi connectivity index (χ4n) is 5.56. The molecule has 236 valence electrons. The van der Waals surface area contributed by atoms with E-state index < -0.39 is 29.7 Å². The maximum absolute atomic E-state index is 14.0. The van der Waals surface area contributed by atoms with Crippen LogP contribution in [0, 0.1) is 12.8 Å². The number of nitrogens with zero attached hydrogens (tertiary/aromatic N) is 3. The van der Waals surface area contributed by atoms with Crippen LogP contribution in [0.3, 0.4) is 0 Å². The number of amides is 3. The lowest BCUT2D eigenvalue weighted by Crippen LogP contribution is -2.53. The monoisotopic (exact) mass is 611 g/mol. The molecule has 0 spiro atoms. The fourth-order valence-corrected chi connectivity index (χ4v) is 5.56. The summed E-state index contributed by atoms with van der Waals surface area (Å²) in [5, 5.41) is 12.2. The van der Waals surface area contributed by atoms with Crippen LogP contribution in [0.2, 0.25) is 0 Å². The number of carbonyl (C=O) groups is 3. The molecular weight excluding hydrogens is 570 g/mol. The van der Waals surface area contributed by atoms with Crippen molar-refractivity contribution in [2.75, 3.05) is 13.1 Å². The Balaban J connectivity index is 1.37. The highest BCUT2D eigenvalue weighted by Gasteiger charge is 2.34. The lowest BCUT2D eigenvalue weighted by Gasteiger charge is -2.34. The van der Waals surface area contributed by atoms with Gasteiger partial charge in [-0.3, -0.25) is 9.59 Å². The van der Waals surface area contributed by atoms with Crippen molar-refractivity contribution < 1.29 is 23.6 Å². The smallest absolute Gasteiger partial charge is 0.410 e. The number of fused-ring (bicyclic) bond motifs is 1. The van der Waals surface area contributed by atoms with Gasteiger partial charge in [-0.15, -0.1) is 0 Å². The molecule has 10 nitrogen and oxygen atoms in total. The Hall–Kier alpha value is -4.73. The van der Waals surface area contributed by atoms with Crippen molar-refractivity contribution in [2.45, 2.75) is 71.1 Å². The van der Waals surface area contributed by atoms with Gasteiger partial charge in [0.25, 0.3) is 0 Å². The van der Waals surface area contributed by atoms with Crippen molar-refractivity contribution in [2.24, 2.45) is 5.92 Å². The van der Waals surface area contributed by atoms with E-state index >= 15 is 0 Å². The van der Waals surface area contributed by atoms with Gasteiger partial charge in [0, 0.05) is 25.9 Å². The third-order valence-electron chi connectivity index (χ3n) is 7.77. The predicted octanol–water partition coefficient (Wildman–Crippen LogP) is 5.31. The quantitative estimate of drug-likeness (QED) is 0.263. The van der Waals surface area contributed by atoms with Gasteiger partial charge in [-0.1, -0.05) is 78.0 Å². The Morgan fingerprint density at radius 3 is 2.40 bits per heavy atom. The zero-order chi connectivity index (χ0) is 32.0. The third kappa shape index (κ3) is 8.68. The van der Waals surface area contributed by atoms with Crippen LogP contribution in [0.15, 0.2) is 77.3 Å². The van der Waals surface area contributed by atoms with Crippen molar-refractivity contribution in [1.82, 2.24) is 25.7 Å². The summed E-state index contributed by atoms with van der Waals surface area (Å²) in [6.45, 7) is 7.91. The number of benzene rings is 3. The van der Waals surface area contributed by atoms with E-state index in [0.29, 0.717) is 37.5 Å². The van der Waals surface area contributed by atoms with Crippen LogP contribution in [-0.2, 0) is 27.2 Å². The Morgan fingerprint density at radius 1 is 0.956 bits per heavy atom. The number of rotatable bonds is 9. The minimum Gasteiger partial charge on any atom is -0.444 e. The zero-order valence-electron chi connectivity index (χ0n) is 26.3. The maximum atomic E-state index is 14.0. The molecule has 3 atom stereocenters. The van der Waals surface area contributed by atoms with Gasteiger partial charge in [-0.05, 0) is 62.4 Å². The third-order valence-corrected chi connectivity index (χ3v) is 7.77. The number of likely N-dealkylation sites (tertiary alicyclic amines) is 1. The molecule has 0 aliphatic carbocycles. The summed E-state index contributed by atoms with van der Waals surface area (Å²) in [6, 6.07) is 22.3. The van der Waals surface area contributed by atoms with Gasteiger partial charge < -0.3 is 24.8 Å². The van der Waals surface area contributed by atoms with Gasteiger partial charge in [0.05, 0.1) is 5.92 Å². The Morgan fingerprint density at radius 2 is 1.69 bits per heavy atom. The summed E-state index contributed by atoms with van der Waals surface area (Å²) in [6.07, 6.45) is 1.52. The van der Waals surface area contributed by atoms with E-state index in [1.807, 2.05) is 93.6 Å². The first-order valence-corrected chi connectivity index (χ1v) is 15.4. The summed E-state index contributed by atoms with van der Waals surface area (Å²) in [7, 11) is 0. The van der Waals surface area contributed by atoms with Crippen LogP contribution in [0.4, 0.5) is 4.79 Å². The van der Waals surface area contributed by atoms with E-state index in [9.17, 15) is 14.4 Å². The minimum atomic E-state index is -0.891. The van der Waals surface area contributed by atoms with Gasteiger partial charge in [-0.25, -0.2) is 4.79 Å². The Labute approximate surface area is 263 Å². The number of piperidine rings is 1. The van der Waals surface area contributed by atoms with Crippen LogP contribution in [0.5, 0.6) is 0 Å². The van der Waals surface area contributed by atoms with Gasteiger partial charge in [0.2, 0.25) is 17.7 Å². The summed E-state index contributed by atoms with van der Waals surface area (Å²) < 4.78 is 11.0. The van der Waals surface area contributed by atoms with Crippen molar-refractivity contribution in [1.29, 1.82) is 0 Å². The zero-order valence-corrected chi connectivity index (χ0v) is 26.3. The highest BCUT2D eigenvalue weighted by Crippen LogP contribution is 2.22. The highest BCUT2D eigenvalue weighted by atomic mass is 16.6. The topological polar surface area (TPSA) is 127 Å². The summed E-state index contributed by atoms with van der Waals surface area (Å²) in [5.41, 5.74) is 1.25. The number of ether oxygens (including phenoxy) is 1. The SMILES string of the molecule is Cc1noc(C(Cc2ccccc2)NC(=O)[C@@H](Cc2ccc3ccccc3c2)NC(=O)[C@@H]2CCCN(C(=O)OC(C)(C)C)C2)n1. The van der Waals surface area contributed by atoms with E-state index in [4.69, 9.17) is 9.26 Å². The molecule has 2 heterocycles. The summed E-state index contributed by atoms with van der Waals surface area (Å²) in [5.74, 6) is -0.367. The van der Waals surface area contributed by atoms with Gasteiger partial charge in [-0.2, -0.15) is 4.98 Å². The second-order valence-corrected chi connectivity index (χ2v) is 12.6. The molecule has 5 rings (SSSR count). The number of hydrogen-bond acceptors (Lipinski definition) is 7. The van der Waals surface area contributed by atoms with Crippen LogP contribution in [-0.4, -0.2) is 57.7 Å². The molecule has 1 aliphatic heterocycles. The normalized spacial score (nSPS) is 16.5. The van der Waals surface area contributed by atoms with Crippen LogP contribution in [0.25, 0.3) is 10.8 Å². The standard InChI is InChI=1S/C35H41N5O5/c1-23-36-33(45-39-23)30(20-24-11-6-5-7-12-24)38-32(42)29(21-25-16-17-26-13-8-9-14-27(26)19-25)37-31(41)28-15-10-18-40(22-28)34(43)44-35(2,3)4/h5-9,11-14,16-17,19,28-30H,10,15,18,20-22H2,1-4H3,(H,37,41)(H,38,42)/t28-,29-,30?/m1/s1. The molecule has 2 N–H and O–H groups in total. The summed E-state index contributed by atoms with van der Waals surface area (Å²) >= 11 is 0. The van der Waals surface area contributed by atoms with Crippen molar-refractivity contribution >= 4 is 28.7 Å². The van der Waals surface area contributed by atoms with Crippen LogP contribution in [0.1, 0.15) is 62.5 Å². The molecule has 0 bridgehead atoms. The first-order valence-electron chi connectivity index (χ1n) is 15.4. The van der Waals surface area contributed by atoms with Crippen molar-refractivity contribution in [3.05, 3.63) is 95.6 Å². The van der Waals surface area contributed by atoms with Gasteiger partial charge in [0.1, 0.15) is 17.7 Å². The number of nitrogens with one attached hydrogen (secondary N) is 2. The van der Waals surface area contributed by atoms with E-state index in [1.54, 1.807) is 11.8 Å². The fraction of sp³-hybridized carbons (Fsp3) is 0.400. The number of aryl methyl sites for hydroxylation is 1. The molecule has 1 fully saturated rings. The van der Waals surface area contributed by atoms with E-state index in [1.165, 1.54) is 0 Å². The van der Waals surface area contributed by atoms with Crippen LogP contribution >= 0.6 is 0 Å².